The summed E-state index contributed by atoms with van der Waals surface area (Å²) in [5, 5.41) is 0. The summed E-state index contributed by atoms with van der Waals surface area (Å²) in [5.41, 5.74) is 1.83. The first-order valence-electron chi connectivity index (χ1n) is 8.23. The summed E-state index contributed by atoms with van der Waals surface area (Å²) in [6, 6.07) is 4.16. The van der Waals surface area contributed by atoms with E-state index in [0.717, 1.165) is 41.0 Å². The summed E-state index contributed by atoms with van der Waals surface area (Å²) in [4.78, 5) is 16.2. The van der Waals surface area contributed by atoms with Crippen LogP contribution in [0.5, 0.6) is 5.75 Å². The monoisotopic (exact) mass is 398 g/mol. The Balaban J connectivity index is 1.95. The highest BCUT2D eigenvalue weighted by molar-refractivity contribution is 9.10. The molecule has 0 atom stereocenters. The lowest BCUT2D eigenvalue weighted by Crippen LogP contribution is -2.49. The van der Waals surface area contributed by atoms with E-state index in [1.165, 1.54) is 0 Å². The number of hydrogen-bond donors (Lipinski definition) is 0. The van der Waals surface area contributed by atoms with E-state index in [-0.39, 0.29) is 6.09 Å². The fraction of sp³-hybridized carbons (Fsp3) is 0.611. The summed E-state index contributed by atoms with van der Waals surface area (Å²) in [7, 11) is 1.71. The number of benzene rings is 1. The van der Waals surface area contributed by atoms with Crippen molar-refractivity contribution in [3.63, 3.8) is 0 Å². The Morgan fingerprint density at radius 1 is 1.21 bits per heavy atom. The molecule has 1 aliphatic rings. The number of carbonyl (C=O) groups is 1. The van der Waals surface area contributed by atoms with Crippen LogP contribution in [0, 0.1) is 6.92 Å². The van der Waals surface area contributed by atoms with Crippen molar-refractivity contribution < 1.29 is 14.3 Å². The highest BCUT2D eigenvalue weighted by atomic mass is 79.9. The average Bonchev–Trinajstić information content (AvgIpc) is 2.45. The predicted octanol–water partition coefficient (Wildman–Crippen LogP) is 3.82. The molecule has 1 aromatic carbocycles. The van der Waals surface area contributed by atoms with Crippen LogP contribution in [0.2, 0.25) is 0 Å². The molecule has 0 saturated carbocycles. The first-order valence-corrected chi connectivity index (χ1v) is 9.02. The fourth-order valence-electron chi connectivity index (χ4n) is 2.86. The smallest absolute Gasteiger partial charge is 0.410 e. The zero-order valence-corrected chi connectivity index (χ0v) is 16.8. The minimum absolute atomic E-state index is 0.224. The van der Waals surface area contributed by atoms with Crippen molar-refractivity contribution in [3.05, 3.63) is 27.7 Å². The molecule has 0 aliphatic carbocycles. The zero-order chi connectivity index (χ0) is 17.9. The van der Waals surface area contributed by atoms with E-state index in [9.17, 15) is 4.79 Å². The number of aryl methyl sites for hydroxylation is 1. The Kier molecular flexibility index (Phi) is 6.15. The first kappa shape index (κ1) is 19.1. The molecular formula is C18H27BrN2O3. The Morgan fingerprint density at radius 3 is 2.38 bits per heavy atom. The first-order chi connectivity index (χ1) is 11.2. The number of hydrogen-bond acceptors (Lipinski definition) is 4. The topological polar surface area (TPSA) is 42.0 Å². The maximum Gasteiger partial charge on any atom is 0.410 e. The maximum atomic E-state index is 12.1. The third-order valence-corrected chi connectivity index (χ3v) is 4.40. The number of carbonyl (C=O) groups excluding carboxylic acids is 1. The molecule has 6 heteroatoms. The second kappa shape index (κ2) is 7.74. The third-order valence-electron chi connectivity index (χ3n) is 3.94. The van der Waals surface area contributed by atoms with Crippen LogP contribution in [-0.2, 0) is 11.3 Å². The highest BCUT2D eigenvalue weighted by Gasteiger charge is 2.26. The van der Waals surface area contributed by atoms with Crippen LogP contribution in [-0.4, -0.2) is 54.8 Å². The quantitative estimate of drug-likeness (QED) is 0.775. The van der Waals surface area contributed by atoms with Crippen LogP contribution in [0.15, 0.2) is 16.6 Å². The van der Waals surface area contributed by atoms with Gasteiger partial charge in [-0.15, -0.1) is 0 Å². The summed E-state index contributed by atoms with van der Waals surface area (Å²) in [6.07, 6.45) is -0.224. The van der Waals surface area contributed by atoms with Gasteiger partial charge in [0.15, 0.2) is 0 Å². The lowest BCUT2D eigenvalue weighted by Gasteiger charge is -2.35. The van der Waals surface area contributed by atoms with E-state index in [4.69, 9.17) is 9.47 Å². The molecular weight excluding hydrogens is 372 g/mol. The van der Waals surface area contributed by atoms with Gasteiger partial charge in [-0.25, -0.2) is 4.79 Å². The molecule has 1 amide bonds. The van der Waals surface area contributed by atoms with Crippen LogP contribution in [0.3, 0.4) is 0 Å². The molecule has 1 aromatic rings. The van der Waals surface area contributed by atoms with Crippen molar-refractivity contribution in [2.75, 3.05) is 33.3 Å². The molecule has 5 nitrogen and oxygen atoms in total. The molecule has 0 radical (unpaired) electrons. The van der Waals surface area contributed by atoms with E-state index in [1.807, 2.05) is 27.7 Å². The van der Waals surface area contributed by atoms with Gasteiger partial charge >= 0.3 is 6.09 Å². The van der Waals surface area contributed by atoms with Gasteiger partial charge in [0.05, 0.1) is 7.11 Å². The molecule has 134 valence electrons. The molecule has 0 bridgehead atoms. The minimum Gasteiger partial charge on any atom is -0.496 e. The van der Waals surface area contributed by atoms with Gasteiger partial charge in [-0.2, -0.15) is 0 Å². The summed E-state index contributed by atoms with van der Waals surface area (Å²) in [6.45, 7) is 11.6. The molecule has 1 fully saturated rings. The van der Waals surface area contributed by atoms with Crippen molar-refractivity contribution in [3.8, 4) is 5.75 Å². The Bertz CT molecular complexity index is 591. The van der Waals surface area contributed by atoms with E-state index >= 15 is 0 Å². The molecule has 1 saturated heterocycles. The molecule has 1 aliphatic heterocycles. The van der Waals surface area contributed by atoms with Gasteiger partial charge < -0.3 is 14.4 Å². The van der Waals surface area contributed by atoms with Crippen LogP contribution in [0.1, 0.15) is 31.9 Å². The standard InChI is InChI=1S/C18H27BrN2O3/c1-13-10-15(19)11-14(16(13)23-5)12-20-6-8-21(9-7-20)17(22)24-18(2,3)4/h10-11H,6-9,12H2,1-5H3. The number of nitrogens with zero attached hydrogens (tertiary/aromatic N) is 2. The van der Waals surface area contributed by atoms with Crippen LogP contribution >= 0.6 is 15.9 Å². The Labute approximate surface area is 153 Å². The van der Waals surface area contributed by atoms with Gasteiger partial charge in [-0.05, 0) is 45.4 Å². The highest BCUT2D eigenvalue weighted by Crippen LogP contribution is 2.29. The SMILES string of the molecule is COc1c(C)cc(Br)cc1CN1CCN(C(=O)OC(C)(C)C)CC1. The fourth-order valence-corrected chi connectivity index (χ4v) is 3.48. The van der Waals surface area contributed by atoms with Crippen LogP contribution < -0.4 is 4.74 Å². The van der Waals surface area contributed by atoms with Gasteiger partial charge in [0.1, 0.15) is 11.4 Å². The van der Waals surface area contributed by atoms with Gasteiger partial charge in [0.2, 0.25) is 0 Å². The lowest BCUT2D eigenvalue weighted by atomic mass is 10.1. The number of methoxy groups -OCH3 is 1. The second-order valence-corrected chi connectivity index (χ2v) is 8.07. The van der Waals surface area contributed by atoms with E-state index in [1.54, 1.807) is 12.0 Å². The molecule has 0 unspecified atom stereocenters. The Hall–Kier alpha value is -1.27. The van der Waals surface area contributed by atoms with E-state index in [2.05, 4.69) is 33.0 Å². The molecule has 0 spiro atoms. The number of piperazine rings is 1. The van der Waals surface area contributed by atoms with Crippen LogP contribution in [0.25, 0.3) is 0 Å². The van der Waals surface area contributed by atoms with Crippen molar-refractivity contribution in [1.29, 1.82) is 0 Å². The van der Waals surface area contributed by atoms with Gasteiger partial charge in [-0.3, -0.25) is 4.90 Å². The maximum absolute atomic E-state index is 12.1. The van der Waals surface area contributed by atoms with Crippen molar-refractivity contribution in [1.82, 2.24) is 9.80 Å². The zero-order valence-electron chi connectivity index (χ0n) is 15.2. The number of halogens is 1. The largest absolute Gasteiger partial charge is 0.496 e. The van der Waals surface area contributed by atoms with Crippen molar-refractivity contribution in [2.45, 2.75) is 39.8 Å². The average molecular weight is 399 g/mol. The Morgan fingerprint density at radius 2 is 1.83 bits per heavy atom. The van der Waals surface area contributed by atoms with E-state index in [0.29, 0.717) is 13.1 Å². The molecule has 1 heterocycles. The number of ether oxygens (including phenoxy) is 2. The van der Waals surface area contributed by atoms with Gasteiger partial charge in [-0.1, -0.05) is 15.9 Å². The minimum atomic E-state index is -0.449. The van der Waals surface area contributed by atoms with Crippen molar-refractivity contribution in [2.24, 2.45) is 0 Å². The van der Waals surface area contributed by atoms with E-state index < -0.39 is 5.60 Å². The van der Waals surface area contributed by atoms with Gasteiger partial charge in [0, 0.05) is 42.8 Å². The predicted molar refractivity (Wildman–Crippen MR) is 98.5 cm³/mol. The van der Waals surface area contributed by atoms with Gasteiger partial charge in [0.25, 0.3) is 0 Å². The number of rotatable bonds is 3. The lowest BCUT2D eigenvalue weighted by molar-refractivity contribution is 0.0138. The molecule has 2 rings (SSSR count). The van der Waals surface area contributed by atoms with Crippen LogP contribution in [0.4, 0.5) is 4.79 Å². The summed E-state index contributed by atoms with van der Waals surface area (Å²) < 4.78 is 12.1. The number of amides is 1. The summed E-state index contributed by atoms with van der Waals surface area (Å²) >= 11 is 3.55. The summed E-state index contributed by atoms with van der Waals surface area (Å²) in [5.74, 6) is 0.938. The molecule has 0 N–H and O–H groups in total. The molecule has 0 aromatic heterocycles. The second-order valence-electron chi connectivity index (χ2n) is 7.16. The molecule has 24 heavy (non-hydrogen) atoms. The normalized spacial score (nSPS) is 16.2. The third kappa shape index (κ3) is 5.11. The van der Waals surface area contributed by atoms with Crippen molar-refractivity contribution >= 4 is 22.0 Å².